The van der Waals surface area contributed by atoms with Crippen LogP contribution in [0.4, 0.5) is 0 Å². The van der Waals surface area contributed by atoms with E-state index in [1.165, 1.54) is 0 Å². The molecule has 0 radical (unpaired) electrons. The monoisotopic (exact) mass is 512 g/mol. The Hall–Kier alpha value is -1.59. The minimum Gasteiger partial charge on any atom is -0.465 e. The highest BCUT2D eigenvalue weighted by molar-refractivity contribution is 5.70. The summed E-state index contributed by atoms with van der Waals surface area (Å²) in [5, 5.41) is 0. The quantitative estimate of drug-likeness (QED) is 0.0841. The van der Waals surface area contributed by atoms with Crippen LogP contribution >= 0.6 is 0 Å². The van der Waals surface area contributed by atoms with E-state index in [9.17, 15) is 14.4 Å². The van der Waals surface area contributed by atoms with Crippen molar-refractivity contribution in [3.05, 3.63) is 0 Å². The zero-order valence-electron chi connectivity index (χ0n) is 24.5. The van der Waals surface area contributed by atoms with Crippen LogP contribution in [0.15, 0.2) is 0 Å². The lowest BCUT2D eigenvalue weighted by Gasteiger charge is -2.31. The number of carbonyl (C=O) groups excluding carboxylic acids is 3. The third-order valence-corrected chi connectivity index (χ3v) is 6.61. The van der Waals surface area contributed by atoms with Crippen LogP contribution in [0.25, 0.3) is 0 Å². The highest BCUT2D eigenvalue weighted by Crippen LogP contribution is 2.26. The van der Waals surface area contributed by atoms with Crippen molar-refractivity contribution in [3.8, 4) is 0 Å². The molecule has 212 valence electrons. The first kappa shape index (κ1) is 34.4. The van der Waals surface area contributed by atoms with Gasteiger partial charge in [0.2, 0.25) is 0 Å². The molecule has 0 atom stereocenters. The fraction of sp³-hybridized carbons (Fsp3) is 0.900. The largest absolute Gasteiger partial charge is 0.465 e. The second-order valence-corrected chi connectivity index (χ2v) is 11.8. The molecule has 0 amide bonds. The van der Waals surface area contributed by atoms with Gasteiger partial charge >= 0.3 is 17.9 Å². The molecule has 36 heavy (non-hydrogen) atoms. The highest BCUT2D eigenvalue weighted by Gasteiger charge is 2.34. The molecule has 0 saturated carbocycles. The van der Waals surface area contributed by atoms with Gasteiger partial charge in [-0.1, -0.05) is 87.0 Å². The van der Waals surface area contributed by atoms with E-state index in [2.05, 4.69) is 41.5 Å². The molecule has 0 heterocycles. The van der Waals surface area contributed by atoms with Crippen molar-refractivity contribution in [2.24, 2.45) is 23.2 Å². The van der Waals surface area contributed by atoms with Crippen LogP contribution in [0.2, 0.25) is 0 Å². The lowest BCUT2D eigenvalue weighted by atomic mass is 9.88. The maximum Gasteiger partial charge on any atom is 0.305 e. The number of esters is 3. The standard InChI is InChI=1S/C30H56O6/c1-8-30(21-34-27(31)18-12-9-15-24(2)3,22-35-28(32)19-13-10-16-25(4)5)23-36-29(33)20-14-11-17-26(6)7/h24-26H,8-23H2,1-7H3. The summed E-state index contributed by atoms with van der Waals surface area (Å²) < 4.78 is 16.8. The Balaban J connectivity index is 4.84. The zero-order chi connectivity index (χ0) is 27.4. The average Bonchev–Trinajstić information content (AvgIpc) is 2.81. The Kier molecular flexibility index (Phi) is 19.6. The Morgan fingerprint density at radius 3 is 1.03 bits per heavy atom. The van der Waals surface area contributed by atoms with E-state index in [1.807, 2.05) is 6.92 Å². The Labute approximate surface area is 221 Å². The minimum absolute atomic E-state index is 0.0772. The van der Waals surface area contributed by atoms with Gasteiger partial charge in [-0.25, -0.2) is 0 Å². The van der Waals surface area contributed by atoms with Crippen LogP contribution in [0.5, 0.6) is 0 Å². The van der Waals surface area contributed by atoms with Crippen LogP contribution in [0.1, 0.15) is 132 Å². The number of carbonyl (C=O) groups is 3. The average molecular weight is 513 g/mol. The summed E-state index contributed by atoms with van der Waals surface area (Å²) in [6.07, 6.45) is 10.3. The molecule has 0 bridgehead atoms. The molecule has 0 N–H and O–H groups in total. The summed E-state index contributed by atoms with van der Waals surface area (Å²) in [6.45, 7) is 15.2. The summed E-state index contributed by atoms with van der Waals surface area (Å²) in [5.41, 5.74) is -0.727. The van der Waals surface area contributed by atoms with Crippen molar-refractivity contribution in [1.82, 2.24) is 0 Å². The number of ether oxygens (including phenoxy) is 3. The second kappa shape index (κ2) is 20.5. The van der Waals surface area contributed by atoms with E-state index in [0.29, 0.717) is 43.4 Å². The van der Waals surface area contributed by atoms with Gasteiger partial charge in [0.15, 0.2) is 0 Å². The molecule has 0 aliphatic carbocycles. The van der Waals surface area contributed by atoms with E-state index >= 15 is 0 Å². The van der Waals surface area contributed by atoms with E-state index in [4.69, 9.17) is 14.2 Å². The van der Waals surface area contributed by atoms with Gasteiger partial charge in [-0.3, -0.25) is 14.4 Å². The Morgan fingerprint density at radius 2 is 0.806 bits per heavy atom. The molecular weight excluding hydrogens is 456 g/mol. The third kappa shape index (κ3) is 19.6. The normalized spacial score (nSPS) is 11.8. The molecule has 0 fully saturated rings. The molecule has 0 spiro atoms. The van der Waals surface area contributed by atoms with E-state index < -0.39 is 5.41 Å². The first-order valence-corrected chi connectivity index (χ1v) is 14.5. The number of rotatable bonds is 22. The summed E-state index contributed by atoms with van der Waals surface area (Å²) in [7, 11) is 0. The summed E-state index contributed by atoms with van der Waals surface area (Å²) in [4.78, 5) is 37.0. The van der Waals surface area contributed by atoms with Crippen molar-refractivity contribution in [3.63, 3.8) is 0 Å². The number of hydrogen-bond donors (Lipinski definition) is 0. The first-order valence-electron chi connectivity index (χ1n) is 14.5. The molecular formula is C30H56O6. The molecule has 0 rings (SSSR count). The van der Waals surface area contributed by atoms with Gasteiger partial charge in [-0.05, 0) is 43.4 Å². The molecule has 0 aliphatic rings. The molecule has 0 aromatic carbocycles. The van der Waals surface area contributed by atoms with Gasteiger partial charge in [0.25, 0.3) is 0 Å². The van der Waals surface area contributed by atoms with Gasteiger partial charge in [0, 0.05) is 19.3 Å². The summed E-state index contributed by atoms with van der Waals surface area (Å²) in [6, 6.07) is 0. The van der Waals surface area contributed by atoms with E-state index in [0.717, 1.165) is 57.8 Å². The van der Waals surface area contributed by atoms with Crippen molar-refractivity contribution < 1.29 is 28.6 Å². The maximum absolute atomic E-state index is 12.3. The van der Waals surface area contributed by atoms with Gasteiger partial charge in [0.1, 0.15) is 19.8 Å². The summed E-state index contributed by atoms with van der Waals surface area (Å²) >= 11 is 0. The lowest BCUT2D eigenvalue weighted by molar-refractivity contribution is -0.162. The zero-order valence-corrected chi connectivity index (χ0v) is 24.5. The van der Waals surface area contributed by atoms with Crippen LogP contribution in [0, 0.1) is 23.2 Å². The second-order valence-electron chi connectivity index (χ2n) is 11.8. The maximum atomic E-state index is 12.3. The third-order valence-electron chi connectivity index (χ3n) is 6.61. The highest BCUT2D eigenvalue weighted by atomic mass is 16.6. The van der Waals surface area contributed by atoms with Crippen molar-refractivity contribution >= 4 is 17.9 Å². The molecule has 0 saturated heterocycles. The molecule has 0 aromatic rings. The topological polar surface area (TPSA) is 78.9 Å². The van der Waals surface area contributed by atoms with Crippen LogP contribution < -0.4 is 0 Å². The predicted octanol–water partition coefficient (Wildman–Crippen LogP) is 7.66. The molecule has 6 heteroatoms. The number of unbranched alkanes of at least 4 members (excludes halogenated alkanes) is 3. The predicted molar refractivity (Wildman–Crippen MR) is 146 cm³/mol. The van der Waals surface area contributed by atoms with Gasteiger partial charge in [-0.2, -0.15) is 0 Å². The lowest BCUT2D eigenvalue weighted by Crippen LogP contribution is -2.39. The fourth-order valence-corrected chi connectivity index (χ4v) is 3.81. The minimum atomic E-state index is -0.727. The van der Waals surface area contributed by atoms with Crippen molar-refractivity contribution in [1.29, 1.82) is 0 Å². The Morgan fingerprint density at radius 1 is 0.528 bits per heavy atom. The van der Waals surface area contributed by atoms with Crippen LogP contribution in [0.3, 0.4) is 0 Å². The number of hydrogen-bond acceptors (Lipinski definition) is 6. The first-order chi connectivity index (χ1) is 17.0. The Bertz CT molecular complexity index is 517. The van der Waals surface area contributed by atoms with E-state index in [1.54, 1.807) is 0 Å². The molecule has 0 aromatic heterocycles. The van der Waals surface area contributed by atoms with Gasteiger partial charge in [0.05, 0.1) is 5.41 Å². The molecule has 0 unspecified atom stereocenters. The van der Waals surface area contributed by atoms with Crippen molar-refractivity contribution in [2.45, 2.75) is 132 Å². The van der Waals surface area contributed by atoms with Gasteiger partial charge < -0.3 is 14.2 Å². The van der Waals surface area contributed by atoms with E-state index in [-0.39, 0.29) is 37.7 Å². The summed E-state index contributed by atoms with van der Waals surface area (Å²) in [5.74, 6) is 1.10. The van der Waals surface area contributed by atoms with Gasteiger partial charge in [-0.15, -0.1) is 0 Å². The molecule has 6 nitrogen and oxygen atoms in total. The SMILES string of the molecule is CCC(COC(=O)CCCCC(C)C)(COC(=O)CCCCC(C)C)COC(=O)CCCCC(C)C. The van der Waals surface area contributed by atoms with Crippen molar-refractivity contribution in [2.75, 3.05) is 19.8 Å². The van der Waals surface area contributed by atoms with Crippen LogP contribution in [-0.2, 0) is 28.6 Å². The smallest absolute Gasteiger partial charge is 0.305 e. The molecule has 0 aliphatic heterocycles. The van der Waals surface area contributed by atoms with Crippen LogP contribution in [-0.4, -0.2) is 37.7 Å². The fourth-order valence-electron chi connectivity index (χ4n) is 3.81.